The molecule has 2 aromatic carbocycles. The smallest absolute Gasteiger partial charge is 0.267 e. The predicted octanol–water partition coefficient (Wildman–Crippen LogP) is 3.11. The van der Waals surface area contributed by atoms with Gasteiger partial charge >= 0.3 is 0 Å². The number of halogens is 2. The summed E-state index contributed by atoms with van der Waals surface area (Å²) in [7, 11) is 0. The first kappa shape index (κ1) is 16.9. The second-order valence-electron chi connectivity index (χ2n) is 5.64. The number of hydrogen-bond acceptors (Lipinski definition) is 3. The highest BCUT2D eigenvalue weighted by Gasteiger charge is 2.31. The van der Waals surface area contributed by atoms with E-state index in [2.05, 4.69) is 5.32 Å². The number of hydrogen-bond donors (Lipinski definition) is 1. The Morgan fingerprint density at radius 3 is 2.76 bits per heavy atom. The van der Waals surface area contributed by atoms with Gasteiger partial charge in [0.1, 0.15) is 17.4 Å². The maximum absolute atomic E-state index is 13.6. The van der Waals surface area contributed by atoms with Crippen LogP contribution in [0.3, 0.4) is 0 Å². The van der Waals surface area contributed by atoms with Crippen LogP contribution in [-0.2, 0) is 9.59 Å². The number of para-hydroxylation sites is 2. The Kier molecular flexibility index (Phi) is 4.65. The summed E-state index contributed by atoms with van der Waals surface area (Å²) >= 11 is 0. The number of anilines is 2. The maximum atomic E-state index is 13.6. The summed E-state index contributed by atoms with van der Waals surface area (Å²) in [6.07, 6.45) is -0.684. The van der Waals surface area contributed by atoms with E-state index in [4.69, 9.17) is 4.74 Å². The number of fused-ring (bicyclic) bond motifs is 1. The number of nitrogens with one attached hydrogen (secondary N) is 1. The van der Waals surface area contributed by atoms with Crippen molar-refractivity contribution in [3.8, 4) is 5.75 Å². The van der Waals surface area contributed by atoms with Crippen molar-refractivity contribution in [2.75, 3.05) is 16.8 Å². The molecule has 1 heterocycles. The lowest BCUT2D eigenvalue weighted by Gasteiger charge is -2.32. The van der Waals surface area contributed by atoms with E-state index >= 15 is 0 Å². The van der Waals surface area contributed by atoms with Gasteiger partial charge in [-0.15, -0.1) is 0 Å². The standard InChI is InChI=1S/C18H16F2N2O3/c1-11-18(24)22(15-4-2-3-5-16(15)25-11)9-8-17(23)21-14-7-6-12(19)10-13(14)20/h2-7,10-11H,8-9H2,1H3,(H,21,23)/t11-/m0/s1. The van der Waals surface area contributed by atoms with E-state index in [9.17, 15) is 18.4 Å². The zero-order valence-electron chi connectivity index (χ0n) is 13.5. The predicted molar refractivity (Wildman–Crippen MR) is 88.5 cm³/mol. The van der Waals surface area contributed by atoms with Gasteiger partial charge in [-0.2, -0.15) is 0 Å². The molecule has 1 aliphatic heterocycles. The SMILES string of the molecule is C[C@@H]1Oc2ccccc2N(CCC(=O)Nc2ccc(F)cc2F)C1=O. The number of carbonyl (C=O) groups excluding carboxylic acids is 2. The second-order valence-corrected chi connectivity index (χ2v) is 5.64. The van der Waals surface area contributed by atoms with Crippen LogP contribution < -0.4 is 15.0 Å². The van der Waals surface area contributed by atoms with Crippen LogP contribution in [0, 0.1) is 11.6 Å². The Balaban J connectivity index is 1.68. The highest BCUT2D eigenvalue weighted by molar-refractivity contribution is 6.00. The molecule has 130 valence electrons. The maximum Gasteiger partial charge on any atom is 0.267 e. The number of benzene rings is 2. The molecule has 0 fully saturated rings. The average molecular weight is 346 g/mol. The highest BCUT2D eigenvalue weighted by atomic mass is 19.1. The van der Waals surface area contributed by atoms with Gasteiger partial charge in [-0.3, -0.25) is 9.59 Å². The van der Waals surface area contributed by atoms with Crippen LogP contribution in [0.15, 0.2) is 42.5 Å². The van der Waals surface area contributed by atoms with Crippen molar-refractivity contribution in [1.29, 1.82) is 0 Å². The molecule has 0 aromatic heterocycles. The summed E-state index contributed by atoms with van der Waals surface area (Å²) in [5.41, 5.74) is 0.486. The van der Waals surface area contributed by atoms with Gasteiger partial charge in [0.05, 0.1) is 11.4 Å². The number of amides is 2. The van der Waals surface area contributed by atoms with Gasteiger partial charge in [0, 0.05) is 19.0 Å². The number of nitrogens with zero attached hydrogens (tertiary/aromatic N) is 1. The number of rotatable bonds is 4. The van der Waals surface area contributed by atoms with E-state index in [-0.39, 0.29) is 24.6 Å². The Labute approximate surface area is 143 Å². The molecule has 7 heteroatoms. The molecular weight excluding hydrogens is 330 g/mol. The molecule has 0 saturated heterocycles. The Morgan fingerprint density at radius 1 is 1.24 bits per heavy atom. The molecule has 2 aromatic rings. The van der Waals surface area contributed by atoms with Crippen LogP contribution in [0.25, 0.3) is 0 Å². The molecule has 2 amide bonds. The zero-order valence-corrected chi connectivity index (χ0v) is 13.5. The van der Waals surface area contributed by atoms with Crippen molar-refractivity contribution >= 4 is 23.2 Å². The van der Waals surface area contributed by atoms with Crippen LogP contribution in [0.4, 0.5) is 20.2 Å². The number of ether oxygens (including phenoxy) is 1. The van der Waals surface area contributed by atoms with Crippen LogP contribution in [-0.4, -0.2) is 24.5 Å². The lowest BCUT2D eigenvalue weighted by molar-refractivity contribution is -0.125. The third-order valence-electron chi connectivity index (χ3n) is 3.84. The largest absolute Gasteiger partial charge is 0.479 e. The molecule has 5 nitrogen and oxygen atoms in total. The van der Waals surface area contributed by atoms with E-state index < -0.39 is 23.6 Å². The minimum atomic E-state index is -0.852. The van der Waals surface area contributed by atoms with E-state index in [1.165, 1.54) is 4.90 Å². The molecule has 1 N–H and O–H groups in total. The van der Waals surface area contributed by atoms with Gasteiger partial charge in [-0.1, -0.05) is 12.1 Å². The Hall–Kier alpha value is -2.96. The lowest BCUT2D eigenvalue weighted by Crippen LogP contribution is -2.45. The topological polar surface area (TPSA) is 58.6 Å². The fourth-order valence-electron chi connectivity index (χ4n) is 2.61. The molecule has 0 aliphatic carbocycles. The minimum absolute atomic E-state index is 0.0381. The van der Waals surface area contributed by atoms with Crippen LogP contribution in [0.1, 0.15) is 13.3 Å². The minimum Gasteiger partial charge on any atom is -0.479 e. The molecule has 3 rings (SSSR count). The molecular formula is C18H16F2N2O3. The fourth-order valence-corrected chi connectivity index (χ4v) is 2.61. The monoisotopic (exact) mass is 346 g/mol. The third kappa shape index (κ3) is 3.60. The van der Waals surface area contributed by atoms with E-state index in [1.54, 1.807) is 31.2 Å². The van der Waals surface area contributed by atoms with Crippen LogP contribution in [0.5, 0.6) is 5.75 Å². The summed E-state index contributed by atoms with van der Waals surface area (Å²) in [5.74, 6) is -1.73. The van der Waals surface area contributed by atoms with Crippen molar-refractivity contribution in [2.24, 2.45) is 0 Å². The van der Waals surface area contributed by atoms with Gasteiger partial charge in [0.25, 0.3) is 5.91 Å². The summed E-state index contributed by atoms with van der Waals surface area (Å²) in [6, 6.07) is 9.95. The normalized spacial score (nSPS) is 16.2. The van der Waals surface area contributed by atoms with Gasteiger partial charge in [0.15, 0.2) is 6.10 Å². The first-order chi connectivity index (χ1) is 12.0. The number of carbonyl (C=O) groups is 2. The first-order valence-electron chi connectivity index (χ1n) is 7.77. The molecule has 0 saturated carbocycles. The second kappa shape index (κ2) is 6.88. The van der Waals surface area contributed by atoms with Crippen molar-refractivity contribution < 1.29 is 23.1 Å². The highest BCUT2D eigenvalue weighted by Crippen LogP contribution is 2.33. The fraction of sp³-hybridized carbons (Fsp3) is 0.222. The third-order valence-corrected chi connectivity index (χ3v) is 3.84. The van der Waals surface area contributed by atoms with Gasteiger partial charge in [-0.25, -0.2) is 8.78 Å². The van der Waals surface area contributed by atoms with Crippen molar-refractivity contribution in [1.82, 2.24) is 0 Å². The van der Waals surface area contributed by atoms with Crippen molar-refractivity contribution in [2.45, 2.75) is 19.4 Å². The lowest BCUT2D eigenvalue weighted by atomic mass is 10.1. The first-order valence-corrected chi connectivity index (χ1v) is 7.77. The summed E-state index contributed by atoms with van der Waals surface area (Å²) < 4.78 is 32.0. The van der Waals surface area contributed by atoms with Crippen molar-refractivity contribution in [3.63, 3.8) is 0 Å². The average Bonchev–Trinajstić information content (AvgIpc) is 2.58. The molecule has 0 radical (unpaired) electrons. The summed E-state index contributed by atoms with van der Waals surface area (Å²) in [5, 5.41) is 2.38. The van der Waals surface area contributed by atoms with E-state index in [1.807, 2.05) is 0 Å². The summed E-state index contributed by atoms with van der Waals surface area (Å²) in [6.45, 7) is 1.76. The molecule has 1 atom stereocenters. The van der Waals surface area contributed by atoms with E-state index in [0.717, 1.165) is 12.1 Å². The van der Waals surface area contributed by atoms with Crippen LogP contribution >= 0.6 is 0 Å². The molecule has 25 heavy (non-hydrogen) atoms. The quantitative estimate of drug-likeness (QED) is 0.925. The Bertz CT molecular complexity index is 826. The van der Waals surface area contributed by atoms with Crippen LogP contribution in [0.2, 0.25) is 0 Å². The van der Waals surface area contributed by atoms with E-state index in [0.29, 0.717) is 17.5 Å². The van der Waals surface area contributed by atoms with Crippen molar-refractivity contribution in [3.05, 3.63) is 54.1 Å². The molecule has 1 aliphatic rings. The van der Waals surface area contributed by atoms with Gasteiger partial charge in [0.2, 0.25) is 5.91 Å². The van der Waals surface area contributed by atoms with Gasteiger partial charge in [-0.05, 0) is 31.2 Å². The Morgan fingerprint density at radius 2 is 2.00 bits per heavy atom. The molecule has 0 spiro atoms. The molecule has 0 unspecified atom stereocenters. The summed E-state index contributed by atoms with van der Waals surface area (Å²) in [4.78, 5) is 25.8. The zero-order chi connectivity index (χ0) is 18.0. The molecule has 0 bridgehead atoms. The van der Waals surface area contributed by atoms with Gasteiger partial charge < -0.3 is 15.0 Å².